The van der Waals surface area contributed by atoms with Crippen molar-refractivity contribution in [2.24, 2.45) is 17.8 Å². The van der Waals surface area contributed by atoms with E-state index in [0.29, 0.717) is 24.8 Å². The zero-order valence-corrected chi connectivity index (χ0v) is 12.7. The van der Waals surface area contributed by atoms with Crippen LogP contribution in [0.2, 0.25) is 0 Å². The summed E-state index contributed by atoms with van der Waals surface area (Å²) >= 11 is 0. The van der Waals surface area contributed by atoms with Gasteiger partial charge in [0.05, 0.1) is 0 Å². The summed E-state index contributed by atoms with van der Waals surface area (Å²) in [5.41, 5.74) is 0. The van der Waals surface area contributed by atoms with Crippen molar-refractivity contribution in [2.45, 2.75) is 59.8 Å². The zero-order chi connectivity index (χ0) is 14.8. The lowest BCUT2D eigenvalue weighted by atomic mass is 9.94. The lowest BCUT2D eigenvalue weighted by Crippen LogP contribution is -2.33. The van der Waals surface area contributed by atoms with Crippen LogP contribution >= 0.6 is 0 Å². The predicted octanol–water partition coefficient (Wildman–Crippen LogP) is 3.07. The number of aliphatic carboxylic acids is 1. The summed E-state index contributed by atoms with van der Waals surface area (Å²) in [6, 6.07) is 0. The van der Waals surface area contributed by atoms with Crippen molar-refractivity contribution in [1.82, 2.24) is 5.32 Å². The monoisotopic (exact) mass is 271 g/mol. The Balaban J connectivity index is 3.97. The summed E-state index contributed by atoms with van der Waals surface area (Å²) < 4.78 is 0. The zero-order valence-electron chi connectivity index (χ0n) is 12.7. The predicted molar refractivity (Wildman–Crippen MR) is 76.9 cm³/mol. The third kappa shape index (κ3) is 8.62. The van der Waals surface area contributed by atoms with E-state index < -0.39 is 5.97 Å². The minimum atomic E-state index is -0.737. The summed E-state index contributed by atoms with van der Waals surface area (Å²) in [4.78, 5) is 22.4. The molecule has 4 nitrogen and oxygen atoms in total. The largest absolute Gasteiger partial charge is 0.481 e. The maximum atomic E-state index is 11.8. The summed E-state index contributed by atoms with van der Waals surface area (Å²) in [6.07, 6.45) is 3.89. The molecule has 0 radical (unpaired) electrons. The molecule has 0 spiro atoms. The fourth-order valence-electron chi connectivity index (χ4n) is 2.03. The standard InChI is InChI=1S/C15H29NO3/c1-5-6-13(7-8-14(17)18)9-10-16-15(19)12(4)11(2)3/h11-13H,5-10H2,1-4H3,(H,16,19)(H,17,18). The molecule has 2 atom stereocenters. The first-order valence-electron chi connectivity index (χ1n) is 7.37. The second kappa shape index (κ2) is 9.82. The van der Waals surface area contributed by atoms with Crippen LogP contribution in [0.1, 0.15) is 59.8 Å². The van der Waals surface area contributed by atoms with Crippen molar-refractivity contribution in [3.8, 4) is 0 Å². The third-order valence-corrected chi connectivity index (χ3v) is 3.73. The first-order chi connectivity index (χ1) is 8.88. The smallest absolute Gasteiger partial charge is 0.303 e. The highest BCUT2D eigenvalue weighted by atomic mass is 16.4. The maximum Gasteiger partial charge on any atom is 0.303 e. The lowest BCUT2D eigenvalue weighted by Gasteiger charge is -2.18. The van der Waals surface area contributed by atoms with Gasteiger partial charge in [-0.25, -0.2) is 0 Å². The van der Waals surface area contributed by atoms with Crippen molar-refractivity contribution < 1.29 is 14.7 Å². The molecular weight excluding hydrogens is 242 g/mol. The Morgan fingerprint density at radius 2 is 1.74 bits per heavy atom. The minimum Gasteiger partial charge on any atom is -0.481 e. The van der Waals surface area contributed by atoms with E-state index in [9.17, 15) is 9.59 Å². The van der Waals surface area contributed by atoms with E-state index in [1.165, 1.54) is 0 Å². The van der Waals surface area contributed by atoms with Crippen molar-refractivity contribution in [1.29, 1.82) is 0 Å². The summed E-state index contributed by atoms with van der Waals surface area (Å²) in [5.74, 6) is 0.139. The molecule has 0 heterocycles. The van der Waals surface area contributed by atoms with Crippen molar-refractivity contribution in [2.75, 3.05) is 6.54 Å². The Morgan fingerprint density at radius 1 is 1.11 bits per heavy atom. The van der Waals surface area contributed by atoms with Gasteiger partial charge in [-0.1, -0.05) is 40.5 Å². The molecule has 4 heteroatoms. The number of carboxylic acid groups (broad SMARTS) is 1. The molecule has 0 aliphatic rings. The number of carbonyl (C=O) groups is 2. The second-order valence-corrected chi connectivity index (χ2v) is 5.70. The molecular formula is C15H29NO3. The van der Waals surface area contributed by atoms with Gasteiger partial charge < -0.3 is 10.4 Å². The van der Waals surface area contributed by atoms with Crippen LogP contribution in [-0.4, -0.2) is 23.5 Å². The van der Waals surface area contributed by atoms with Crippen LogP contribution < -0.4 is 5.32 Å². The Morgan fingerprint density at radius 3 is 2.21 bits per heavy atom. The highest BCUT2D eigenvalue weighted by molar-refractivity contribution is 5.78. The minimum absolute atomic E-state index is 0.0312. The quantitative estimate of drug-likeness (QED) is 0.641. The van der Waals surface area contributed by atoms with Gasteiger partial charge in [0, 0.05) is 18.9 Å². The van der Waals surface area contributed by atoms with Gasteiger partial charge in [-0.2, -0.15) is 0 Å². The van der Waals surface area contributed by atoms with Gasteiger partial charge in [-0.3, -0.25) is 9.59 Å². The molecule has 19 heavy (non-hydrogen) atoms. The average molecular weight is 271 g/mol. The molecule has 0 aromatic heterocycles. The molecule has 0 aliphatic heterocycles. The van der Waals surface area contributed by atoms with Gasteiger partial charge >= 0.3 is 5.97 Å². The van der Waals surface area contributed by atoms with E-state index in [1.807, 2.05) is 20.8 Å². The van der Waals surface area contributed by atoms with Crippen LogP contribution in [0, 0.1) is 17.8 Å². The van der Waals surface area contributed by atoms with Crippen molar-refractivity contribution in [3.63, 3.8) is 0 Å². The number of rotatable bonds is 10. The van der Waals surface area contributed by atoms with E-state index in [2.05, 4.69) is 12.2 Å². The number of carbonyl (C=O) groups excluding carboxylic acids is 1. The average Bonchev–Trinajstić information content (AvgIpc) is 2.34. The van der Waals surface area contributed by atoms with Crippen LogP contribution in [0.3, 0.4) is 0 Å². The molecule has 0 rings (SSSR count). The van der Waals surface area contributed by atoms with Crippen molar-refractivity contribution >= 4 is 11.9 Å². The van der Waals surface area contributed by atoms with Gasteiger partial charge in [0.25, 0.3) is 0 Å². The topological polar surface area (TPSA) is 66.4 Å². The first-order valence-corrected chi connectivity index (χ1v) is 7.37. The fraction of sp³-hybridized carbons (Fsp3) is 0.867. The Hall–Kier alpha value is -1.06. The number of nitrogens with one attached hydrogen (secondary N) is 1. The van der Waals surface area contributed by atoms with Gasteiger partial charge in [0.1, 0.15) is 0 Å². The van der Waals surface area contributed by atoms with Crippen LogP contribution in [0.4, 0.5) is 0 Å². The first kappa shape index (κ1) is 17.9. The van der Waals surface area contributed by atoms with E-state index >= 15 is 0 Å². The normalized spacial score (nSPS) is 14.2. The van der Waals surface area contributed by atoms with Crippen LogP contribution in [0.25, 0.3) is 0 Å². The molecule has 1 amide bonds. The molecule has 0 saturated carbocycles. The van der Waals surface area contributed by atoms with Gasteiger partial charge in [0.15, 0.2) is 0 Å². The SMILES string of the molecule is CCCC(CCNC(=O)C(C)C(C)C)CCC(=O)O. The Kier molecular flexibility index (Phi) is 9.27. The molecule has 2 unspecified atom stereocenters. The van der Waals surface area contributed by atoms with E-state index in [0.717, 1.165) is 19.3 Å². The molecule has 0 aromatic rings. The highest BCUT2D eigenvalue weighted by Gasteiger charge is 2.16. The lowest BCUT2D eigenvalue weighted by molar-refractivity contribution is -0.137. The molecule has 0 aromatic carbocycles. The van der Waals surface area contributed by atoms with Crippen molar-refractivity contribution in [3.05, 3.63) is 0 Å². The molecule has 0 fully saturated rings. The van der Waals surface area contributed by atoms with Gasteiger partial charge in [0.2, 0.25) is 5.91 Å². The second-order valence-electron chi connectivity index (χ2n) is 5.70. The number of hydrogen-bond donors (Lipinski definition) is 2. The summed E-state index contributed by atoms with van der Waals surface area (Å²) in [5, 5.41) is 11.7. The van der Waals surface area contributed by atoms with Crippen LogP contribution in [0.15, 0.2) is 0 Å². The Labute approximate surface area is 117 Å². The maximum absolute atomic E-state index is 11.8. The van der Waals surface area contributed by atoms with Gasteiger partial charge in [-0.05, 0) is 24.7 Å². The molecule has 0 saturated heterocycles. The fourth-order valence-corrected chi connectivity index (χ4v) is 2.03. The number of amides is 1. The number of carboxylic acids is 1. The highest BCUT2D eigenvalue weighted by Crippen LogP contribution is 2.17. The van der Waals surface area contributed by atoms with Crippen LogP contribution in [0.5, 0.6) is 0 Å². The van der Waals surface area contributed by atoms with E-state index in [1.54, 1.807) is 0 Å². The van der Waals surface area contributed by atoms with Crippen LogP contribution in [-0.2, 0) is 9.59 Å². The third-order valence-electron chi connectivity index (χ3n) is 3.73. The summed E-state index contributed by atoms with van der Waals surface area (Å²) in [7, 11) is 0. The molecule has 112 valence electrons. The molecule has 0 bridgehead atoms. The molecule has 0 aliphatic carbocycles. The molecule has 2 N–H and O–H groups in total. The summed E-state index contributed by atoms with van der Waals surface area (Å²) in [6.45, 7) is 8.77. The number of hydrogen-bond acceptors (Lipinski definition) is 2. The van der Waals surface area contributed by atoms with E-state index in [-0.39, 0.29) is 18.2 Å². The van der Waals surface area contributed by atoms with E-state index in [4.69, 9.17) is 5.11 Å². The Bertz CT molecular complexity index is 277. The van der Waals surface area contributed by atoms with Gasteiger partial charge in [-0.15, -0.1) is 0 Å².